The number of nitrogens with one attached hydrogen (secondary N) is 1. The summed E-state index contributed by atoms with van der Waals surface area (Å²) in [5, 5.41) is 2.96. The minimum absolute atomic E-state index is 0.0193. The van der Waals surface area contributed by atoms with E-state index in [2.05, 4.69) is 12.2 Å². The molecule has 0 aliphatic carbocycles. The Labute approximate surface area is 121 Å². The fourth-order valence-electron chi connectivity index (χ4n) is 2.60. The highest BCUT2D eigenvalue weighted by Crippen LogP contribution is 2.26. The molecule has 1 aliphatic heterocycles. The predicted molar refractivity (Wildman–Crippen MR) is 81.0 cm³/mol. The molecule has 1 aromatic rings. The van der Waals surface area contributed by atoms with Gasteiger partial charge in [-0.1, -0.05) is 12.1 Å². The average Bonchev–Trinajstić information content (AvgIpc) is 2.39. The van der Waals surface area contributed by atoms with Gasteiger partial charge in [0, 0.05) is 25.4 Å². The van der Waals surface area contributed by atoms with Crippen molar-refractivity contribution in [3.63, 3.8) is 0 Å². The van der Waals surface area contributed by atoms with Crippen LogP contribution in [-0.4, -0.2) is 36.2 Å². The van der Waals surface area contributed by atoms with Gasteiger partial charge in [0.2, 0.25) is 0 Å². The molecule has 4 heteroatoms. The minimum Gasteiger partial charge on any atom is -0.375 e. The number of likely N-dealkylation sites (tertiary alicyclic amines) is 1. The van der Waals surface area contributed by atoms with Gasteiger partial charge < -0.3 is 15.0 Å². The van der Waals surface area contributed by atoms with Crippen molar-refractivity contribution in [1.29, 1.82) is 0 Å². The van der Waals surface area contributed by atoms with Crippen molar-refractivity contribution >= 4 is 11.7 Å². The first-order chi connectivity index (χ1) is 9.52. The molecule has 1 aromatic carbocycles. The second-order valence-corrected chi connectivity index (χ2v) is 5.67. The van der Waals surface area contributed by atoms with Crippen molar-refractivity contribution in [2.24, 2.45) is 0 Å². The summed E-state index contributed by atoms with van der Waals surface area (Å²) in [5.41, 5.74) is 1.92. The van der Waals surface area contributed by atoms with E-state index in [0.29, 0.717) is 0 Å². The highest BCUT2D eigenvalue weighted by Gasteiger charge is 2.32. The van der Waals surface area contributed by atoms with E-state index in [1.807, 2.05) is 43.0 Å². The number of amides is 2. The maximum atomic E-state index is 12.2. The molecule has 1 aliphatic rings. The Morgan fingerprint density at radius 1 is 1.40 bits per heavy atom. The zero-order chi connectivity index (χ0) is 14.6. The van der Waals surface area contributed by atoms with Crippen LogP contribution in [0.25, 0.3) is 0 Å². The van der Waals surface area contributed by atoms with E-state index in [9.17, 15) is 4.79 Å². The Hall–Kier alpha value is -1.55. The molecular formula is C16H24N2O2. The summed E-state index contributed by atoms with van der Waals surface area (Å²) < 4.78 is 5.77. The van der Waals surface area contributed by atoms with Crippen LogP contribution in [0.4, 0.5) is 10.5 Å². The molecule has 1 heterocycles. The Morgan fingerprint density at radius 3 is 2.70 bits per heavy atom. The molecule has 0 radical (unpaired) electrons. The summed E-state index contributed by atoms with van der Waals surface area (Å²) in [4.78, 5) is 14.1. The van der Waals surface area contributed by atoms with E-state index in [4.69, 9.17) is 4.74 Å². The summed E-state index contributed by atoms with van der Waals surface area (Å²) >= 11 is 0. The van der Waals surface area contributed by atoms with Crippen LogP contribution >= 0.6 is 0 Å². The molecule has 4 nitrogen and oxygen atoms in total. The van der Waals surface area contributed by atoms with Gasteiger partial charge in [-0.3, -0.25) is 0 Å². The van der Waals surface area contributed by atoms with Gasteiger partial charge in [0.1, 0.15) is 0 Å². The van der Waals surface area contributed by atoms with Crippen LogP contribution in [0.5, 0.6) is 0 Å². The van der Waals surface area contributed by atoms with Crippen LogP contribution in [0.2, 0.25) is 0 Å². The third-order valence-electron chi connectivity index (χ3n) is 3.87. The molecule has 0 aromatic heterocycles. The van der Waals surface area contributed by atoms with Gasteiger partial charge in [-0.2, -0.15) is 0 Å². The van der Waals surface area contributed by atoms with Gasteiger partial charge >= 0.3 is 6.03 Å². The zero-order valence-electron chi connectivity index (χ0n) is 12.6. The molecule has 110 valence electrons. The van der Waals surface area contributed by atoms with E-state index in [0.717, 1.165) is 43.8 Å². The lowest BCUT2D eigenvalue weighted by atomic mass is 9.93. The highest BCUT2D eigenvalue weighted by molar-refractivity contribution is 5.89. The Kier molecular flexibility index (Phi) is 4.65. The number of nitrogens with zero attached hydrogens (tertiary/aromatic N) is 1. The number of anilines is 1. The minimum atomic E-state index is -0.0745. The number of hydrogen-bond donors (Lipinski definition) is 1. The molecule has 0 spiro atoms. The van der Waals surface area contributed by atoms with E-state index in [-0.39, 0.29) is 11.6 Å². The van der Waals surface area contributed by atoms with Gasteiger partial charge in [-0.25, -0.2) is 4.79 Å². The van der Waals surface area contributed by atoms with Gasteiger partial charge in [0.05, 0.1) is 5.60 Å². The van der Waals surface area contributed by atoms with Crippen molar-refractivity contribution in [1.82, 2.24) is 4.90 Å². The monoisotopic (exact) mass is 276 g/mol. The number of piperidine rings is 1. The molecule has 0 unspecified atom stereocenters. The number of aryl methyl sites for hydroxylation is 1. The number of rotatable bonds is 3. The molecule has 1 N–H and O–H groups in total. The van der Waals surface area contributed by atoms with Crippen molar-refractivity contribution in [3.8, 4) is 0 Å². The fourth-order valence-corrected chi connectivity index (χ4v) is 2.60. The molecule has 0 atom stereocenters. The van der Waals surface area contributed by atoms with E-state index < -0.39 is 0 Å². The molecular weight excluding hydrogens is 252 g/mol. The van der Waals surface area contributed by atoms with Crippen LogP contribution in [0.3, 0.4) is 0 Å². The second kappa shape index (κ2) is 6.27. The Morgan fingerprint density at radius 2 is 2.10 bits per heavy atom. The third-order valence-corrected chi connectivity index (χ3v) is 3.87. The van der Waals surface area contributed by atoms with Gasteiger partial charge in [-0.05, 0) is 51.3 Å². The molecule has 1 fully saturated rings. The molecule has 0 bridgehead atoms. The summed E-state index contributed by atoms with van der Waals surface area (Å²) in [7, 11) is 0. The van der Waals surface area contributed by atoms with Crippen LogP contribution in [0.1, 0.15) is 32.3 Å². The lowest BCUT2D eigenvalue weighted by molar-refractivity contribution is -0.0589. The molecule has 2 amide bonds. The maximum absolute atomic E-state index is 12.2. The lowest BCUT2D eigenvalue weighted by Crippen LogP contribution is -2.47. The van der Waals surface area contributed by atoms with Crippen molar-refractivity contribution in [2.75, 3.05) is 25.0 Å². The van der Waals surface area contributed by atoms with E-state index in [1.54, 1.807) is 0 Å². The normalized spacial score (nSPS) is 17.9. The van der Waals surface area contributed by atoms with Gasteiger partial charge in [0.15, 0.2) is 0 Å². The standard InChI is InChI=1S/C16H24N2O2/c1-4-20-16(3)8-10-18(11-9-16)15(19)17-14-7-5-6-13(2)12-14/h5-7,12H,4,8-11H2,1-3H3,(H,17,19). The van der Waals surface area contributed by atoms with E-state index >= 15 is 0 Å². The largest absolute Gasteiger partial charge is 0.375 e. The van der Waals surface area contributed by atoms with Crippen molar-refractivity contribution in [3.05, 3.63) is 29.8 Å². The van der Waals surface area contributed by atoms with Gasteiger partial charge in [-0.15, -0.1) is 0 Å². The topological polar surface area (TPSA) is 41.6 Å². The SMILES string of the molecule is CCOC1(C)CCN(C(=O)Nc2cccc(C)c2)CC1. The molecule has 2 rings (SSSR count). The number of carbonyl (C=O) groups is 1. The van der Waals surface area contributed by atoms with Crippen molar-refractivity contribution < 1.29 is 9.53 Å². The van der Waals surface area contributed by atoms with Crippen LogP contribution < -0.4 is 5.32 Å². The highest BCUT2D eigenvalue weighted by atomic mass is 16.5. The first-order valence-corrected chi connectivity index (χ1v) is 7.29. The zero-order valence-corrected chi connectivity index (χ0v) is 12.6. The molecule has 1 saturated heterocycles. The summed E-state index contributed by atoms with van der Waals surface area (Å²) in [6, 6.07) is 7.84. The fraction of sp³-hybridized carbons (Fsp3) is 0.562. The van der Waals surface area contributed by atoms with Gasteiger partial charge in [0.25, 0.3) is 0 Å². The third kappa shape index (κ3) is 3.73. The number of ether oxygens (including phenoxy) is 1. The number of hydrogen-bond acceptors (Lipinski definition) is 2. The smallest absolute Gasteiger partial charge is 0.321 e. The average molecular weight is 276 g/mol. The molecule has 20 heavy (non-hydrogen) atoms. The van der Waals surface area contributed by atoms with E-state index in [1.165, 1.54) is 0 Å². The lowest BCUT2D eigenvalue weighted by Gasteiger charge is -2.39. The summed E-state index contributed by atoms with van der Waals surface area (Å²) in [5.74, 6) is 0. The summed E-state index contributed by atoms with van der Waals surface area (Å²) in [6.07, 6.45) is 1.78. The second-order valence-electron chi connectivity index (χ2n) is 5.67. The first kappa shape index (κ1) is 14.9. The van der Waals surface area contributed by atoms with Crippen LogP contribution in [0.15, 0.2) is 24.3 Å². The summed E-state index contributed by atoms with van der Waals surface area (Å²) in [6.45, 7) is 8.38. The Balaban J connectivity index is 1.89. The molecule has 0 saturated carbocycles. The predicted octanol–water partition coefficient (Wildman–Crippen LogP) is 3.42. The van der Waals surface area contributed by atoms with Crippen LogP contribution in [0, 0.1) is 6.92 Å². The quantitative estimate of drug-likeness (QED) is 0.919. The number of urea groups is 1. The Bertz CT molecular complexity index is 465. The van der Waals surface area contributed by atoms with Crippen LogP contribution in [-0.2, 0) is 4.74 Å². The number of benzene rings is 1. The number of carbonyl (C=O) groups excluding carboxylic acids is 1. The first-order valence-electron chi connectivity index (χ1n) is 7.29. The maximum Gasteiger partial charge on any atom is 0.321 e. The van der Waals surface area contributed by atoms with Crippen molar-refractivity contribution in [2.45, 2.75) is 39.2 Å².